The van der Waals surface area contributed by atoms with Crippen LogP contribution in [0.4, 0.5) is 26.3 Å². The highest BCUT2D eigenvalue weighted by Crippen LogP contribution is 2.41. The number of likely N-dealkylation sites (tertiary alicyclic amines) is 1. The summed E-state index contributed by atoms with van der Waals surface area (Å²) in [5, 5.41) is 0. The van der Waals surface area contributed by atoms with E-state index in [0.29, 0.717) is 4.90 Å². The molecule has 1 rings (SSSR count). The highest BCUT2D eigenvalue weighted by molar-refractivity contribution is 5.82. The molecule has 0 spiro atoms. The number of nitrogens with zero attached hydrogens (tertiary/aromatic N) is 1. The first-order chi connectivity index (χ1) is 8.94. The fourth-order valence-electron chi connectivity index (χ4n) is 2.30. The predicted molar refractivity (Wildman–Crippen MR) is 55.6 cm³/mol. The second kappa shape index (κ2) is 5.61. The van der Waals surface area contributed by atoms with E-state index in [-0.39, 0.29) is 31.6 Å². The van der Waals surface area contributed by atoms with Gasteiger partial charge in [0.1, 0.15) is 5.78 Å². The van der Waals surface area contributed by atoms with Crippen molar-refractivity contribution in [2.75, 3.05) is 6.54 Å². The van der Waals surface area contributed by atoms with Crippen LogP contribution in [-0.2, 0) is 9.59 Å². The number of amides is 1. The molecule has 0 bridgehead atoms. The minimum atomic E-state index is -5.70. The summed E-state index contributed by atoms with van der Waals surface area (Å²) in [6.07, 6.45) is -11.1. The molecule has 1 amide bonds. The Hall–Kier alpha value is -1.28. The number of Topliss-reactive ketones (excluding diaryl/α,β-unsaturated/α-hetero) is 1. The zero-order chi connectivity index (χ0) is 15.7. The molecule has 1 fully saturated rings. The molecular weight excluding hydrogens is 292 g/mol. The van der Waals surface area contributed by atoms with Gasteiger partial charge in [-0.05, 0) is 19.8 Å². The summed E-state index contributed by atoms with van der Waals surface area (Å²) < 4.78 is 74.9. The minimum Gasteiger partial charge on any atom is -0.338 e. The van der Waals surface area contributed by atoms with Gasteiger partial charge in [-0.15, -0.1) is 0 Å². The van der Waals surface area contributed by atoms with Crippen molar-refractivity contribution < 1.29 is 35.9 Å². The van der Waals surface area contributed by atoms with Gasteiger partial charge in [-0.25, -0.2) is 0 Å². The molecule has 1 aliphatic rings. The van der Waals surface area contributed by atoms with Gasteiger partial charge in [-0.1, -0.05) is 0 Å². The van der Waals surface area contributed by atoms with Crippen LogP contribution >= 0.6 is 0 Å². The van der Waals surface area contributed by atoms with E-state index < -0.39 is 30.2 Å². The number of rotatable bonds is 3. The Morgan fingerprint density at radius 1 is 1.15 bits per heavy atom. The number of carbonyl (C=O) groups excluding carboxylic acids is 2. The van der Waals surface area contributed by atoms with Crippen LogP contribution in [0.5, 0.6) is 0 Å². The average Bonchev–Trinajstić information content (AvgIpc) is 2.59. The fraction of sp³-hybridized carbons (Fsp3) is 0.818. The molecule has 0 aromatic rings. The smallest absolute Gasteiger partial charge is 0.338 e. The van der Waals surface area contributed by atoms with Crippen LogP contribution in [0.2, 0.25) is 0 Å². The Labute approximate surface area is 110 Å². The van der Waals surface area contributed by atoms with E-state index in [2.05, 4.69) is 0 Å². The lowest BCUT2D eigenvalue weighted by molar-refractivity contribution is -0.277. The van der Waals surface area contributed by atoms with Gasteiger partial charge in [0.25, 0.3) is 0 Å². The first kappa shape index (κ1) is 16.8. The molecule has 0 aromatic carbocycles. The average molecular weight is 305 g/mol. The Balaban J connectivity index is 2.98. The van der Waals surface area contributed by atoms with E-state index in [1.807, 2.05) is 0 Å². The summed E-state index contributed by atoms with van der Waals surface area (Å²) in [6, 6.07) is -0.882. The minimum absolute atomic E-state index is 0.195. The van der Waals surface area contributed by atoms with Gasteiger partial charge in [0.05, 0.1) is 0 Å². The van der Waals surface area contributed by atoms with Crippen molar-refractivity contribution in [3.05, 3.63) is 0 Å². The van der Waals surface area contributed by atoms with Crippen molar-refractivity contribution in [2.24, 2.45) is 5.92 Å². The lowest BCUT2D eigenvalue weighted by Crippen LogP contribution is -2.51. The number of carbonyl (C=O) groups is 2. The summed E-state index contributed by atoms with van der Waals surface area (Å²) in [7, 11) is 0. The van der Waals surface area contributed by atoms with Crippen molar-refractivity contribution in [2.45, 2.75) is 44.6 Å². The van der Waals surface area contributed by atoms with E-state index >= 15 is 0 Å². The van der Waals surface area contributed by atoms with Crippen LogP contribution in [0.3, 0.4) is 0 Å². The Morgan fingerprint density at radius 2 is 1.65 bits per heavy atom. The normalized spacial score (nSPS) is 20.6. The van der Waals surface area contributed by atoms with Gasteiger partial charge >= 0.3 is 12.4 Å². The quantitative estimate of drug-likeness (QED) is 0.752. The molecule has 1 unspecified atom stereocenters. The summed E-state index contributed by atoms with van der Waals surface area (Å²) in [4.78, 5) is 23.1. The maximum atomic E-state index is 12.5. The van der Waals surface area contributed by atoms with Gasteiger partial charge < -0.3 is 4.90 Å². The first-order valence-electron chi connectivity index (χ1n) is 5.88. The molecule has 0 N–H and O–H groups in total. The maximum absolute atomic E-state index is 12.5. The third-order valence-electron chi connectivity index (χ3n) is 3.08. The van der Waals surface area contributed by atoms with Crippen molar-refractivity contribution in [1.29, 1.82) is 0 Å². The summed E-state index contributed by atoms with van der Waals surface area (Å²) >= 11 is 0. The van der Waals surface area contributed by atoms with Crippen LogP contribution in [0.1, 0.15) is 26.2 Å². The summed E-state index contributed by atoms with van der Waals surface area (Å²) in [5.41, 5.74) is 0. The lowest BCUT2D eigenvalue weighted by atomic mass is 10.0. The second-order valence-corrected chi connectivity index (χ2v) is 4.75. The third-order valence-corrected chi connectivity index (χ3v) is 3.08. The monoisotopic (exact) mass is 305 g/mol. The largest absolute Gasteiger partial charge is 0.409 e. The van der Waals surface area contributed by atoms with Crippen LogP contribution < -0.4 is 0 Å². The predicted octanol–water partition coefficient (Wildman–Crippen LogP) is 2.70. The van der Waals surface area contributed by atoms with Crippen LogP contribution in [0.25, 0.3) is 0 Å². The second-order valence-electron chi connectivity index (χ2n) is 4.75. The van der Waals surface area contributed by atoms with E-state index in [9.17, 15) is 35.9 Å². The molecule has 1 aliphatic heterocycles. The summed E-state index contributed by atoms with van der Waals surface area (Å²) in [5.74, 6) is -6.43. The highest BCUT2D eigenvalue weighted by Gasteiger charge is 2.62. The van der Waals surface area contributed by atoms with Crippen molar-refractivity contribution in [3.8, 4) is 0 Å². The van der Waals surface area contributed by atoms with E-state index in [1.165, 1.54) is 6.92 Å². The SMILES string of the molecule is CC(=O)CC1CCCN1C(=O)C(C(F)(F)F)C(F)(F)F. The first-order valence-corrected chi connectivity index (χ1v) is 5.88. The third kappa shape index (κ3) is 3.86. The van der Waals surface area contributed by atoms with Gasteiger partial charge in [0.2, 0.25) is 11.8 Å². The van der Waals surface area contributed by atoms with Crippen LogP contribution in [-0.4, -0.2) is 41.5 Å². The van der Waals surface area contributed by atoms with Crippen LogP contribution in [0, 0.1) is 5.92 Å². The molecule has 0 radical (unpaired) electrons. The van der Waals surface area contributed by atoms with Crippen molar-refractivity contribution in [3.63, 3.8) is 0 Å². The number of alkyl halides is 6. The number of ketones is 1. The molecule has 0 saturated carbocycles. The number of halogens is 6. The Bertz CT molecular complexity index is 375. The molecule has 1 atom stereocenters. The topological polar surface area (TPSA) is 37.4 Å². The standard InChI is InChI=1S/C11H13F6NO2/c1-6(19)5-7-3-2-4-18(7)9(20)8(10(12,13)14)11(15,16)17/h7-8H,2-5H2,1H3. The van der Waals surface area contributed by atoms with Crippen molar-refractivity contribution >= 4 is 11.7 Å². The number of hydrogen-bond donors (Lipinski definition) is 0. The number of hydrogen-bond acceptors (Lipinski definition) is 2. The van der Waals surface area contributed by atoms with Crippen LogP contribution in [0.15, 0.2) is 0 Å². The zero-order valence-electron chi connectivity index (χ0n) is 10.5. The fourth-order valence-corrected chi connectivity index (χ4v) is 2.30. The molecule has 0 aromatic heterocycles. The van der Waals surface area contributed by atoms with Crippen molar-refractivity contribution in [1.82, 2.24) is 4.90 Å². The maximum Gasteiger partial charge on any atom is 0.409 e. The molecule has 116 valence electrons. The summed E-state index contributed by atoms with van der Waals surface area (Å²) in [6.45, 7) is 0.978. The zero-order valence-corrected chi connectivity index (χ0v) is 10.5. The molecule has 20 heavy (non-hydrogen) atoms. The van der Waals surface area contributed by atoms with E-state index in [0.717, 1.165) is 0 Å². The van der Waals surface area contributed by atoms with E-state index in [4.69, 9.17) is 0 Å². The van der Waals surface area contributed by atoms with Gasteiger partial charge in [-0.3, -0.25) is 9.59 Å². The van der Waals surface area contributed by atoms with Gasteiger partial charge in [0.15, 0.2) is 0 Å². The molecule has 0 aliphatic carbocycles. The lowest BCUT2D eigenvalue weighted by Gasteiger charge is -2.30. The highest BCUT2D eigenvalue weighted by atomic mass is 19.4. The molecule has 1 saturated heterocycles. The molecule has 1 heterocycles. The van der Waals surface area contributed by atoms with E-state index in [1.54, 1.807) is 0 Å². The van der Waals surface area contributed by atoms with Gasteiger partial charge in [0, 0.05) is 19.0 Å². The molecular formula is C11H13F6NO2. The molecule has 9 heteroatoms. The molecule has 3 nitrogen and oxygen atoms in total. The van der Waals surface area contributed by atoms with Gasteiger partial charge in [-0.2, -0.15) is 26.3 Å². The Morgan fingerprint density at radius 3 is 2.05 bits per heavy atom. The Kier molecular flexibility index (Phi) is 4.70.